The van der Waals surface area contributed by atoms with E-state index in [1.807, 2.05) is 39.0 Å². The maximum Gasteiger partial charge on any atom is 0.297 e. The number of thiophene rings is 1. The van der Waals surface area contributed by atoms with E-state index in [2.05, 4.69) is 6.07 Å². The van der Waals surface area contributed by atoms with Crippen molar-refractivity contribution in [3.63, 3.8) is 0 Å². The largest absolute Gasteiger partial charge is 0.448 e. The van der Waals surface area contributed by atoms with Gasteiger partial charge in [-0.2, -0.15) is 5.26 Å². The summed E-state index contributed by atoms with van der Waals surface area (Å²) in [5.41, 5.74) is 8.20. The molecular formula is C30H28ClN5O3S. The molecule has 0 spiro atoms. The Kier molecular flexibility index (Phi) is 7.76. The molecule has 3 heterocycles. The fraction of sp³-hybridized carbons (Fsp3) is 0.267. The number of fused-ring (bicyclic) bond motifs is 3. The summed E-state index contributed by atoms with van der Waals surface area (Å²) >= 11 is 7.59. The molecular weight excluding hydrogens is 546 g/mol. The first-order valence-electron chi connectivity index (χ1n) is 12.9. The van der Waals surface area contributed by atoms with Crippen LogP contribution in [0.15, 0.2) is 63.8 Å². The Morgan fingerprint density at radius 1 is 1.20 bits per heavy atom. The Morgan fingerprint density at radius 2 is 1.95 bits per heavy atom. The molecule has 0 saturated heterocycles. The maximum atomic E-state index is 14.1. The minimum absolute atomic E-state index is 0.107. The highest BCUT2D eigenvalue weighted by Crippen LogP contribution is 2.33. The average molecular weight is 574 g/mol. The minimum Gasteiger partial charge on any atom is -0.448 e. The first-order valence-corrected chi connectivity index (χ1v) is 14.1. The van der Waals surface area contributed by atoms with Gasteiger partial charge in [0.05, 0.1) is 12.6 Å². The summed E-state index contributed by atoms with van der Waals surface area (Å²) in [6.07, 6.45) is 0. The molecule has 5 rings (SSSR count). The Balaban J connectivity index is 1.76. The van der Waals surface area contributed by atoms with E-state index in [0.29, 0.717) is 37.8 Å². The molecule has 0 saturated carbocycles. The first-order chi connectivity index (χ1) is 19.2. The van der Waals surface area contributed by atoms with E-state index in [4.69, 9.17) is 26.7 Å². The van der Waals surface area contributed by atoms with Crippen LogP contribution in [0.25, 0.3) is 22.1 Å². The molecule has 2 aromatic carbocycles. The van der Waals surface area contributed by atoms with Crippen molar-refractivity contribution < 1.29 is 9.21 Å². The quantitative estimate of drug-likeness (QED) is 0.247. The normalized spacial score (nSPS) is 12.2. The van der Waals surface area contributed by atoms with Crippen LogP contribution < -0.4 is 11.3 Å². The lowest BCUT2D eigenvalue weighted by molar-refractivity contribution is 0.0612. The Bertz CT molecular complexity index is 1810. The van der Waals surface area contributed by atoms with E-state index in [1.54, 1.807) is 45.9 Å². The molecule has 1 amide bonds. The number of amides is 1. The third kappa shape index (κ3) is 5.13. The number of aromatic nitrogens is 2. The van der Waals surface area contributed by atoms with Gasteiger partial charge in [-0.15, -0.1) is 11.3 Å². The first kappa shape index (κ1) is 27.6. The number of nitriles is 1. The van der Waals surface area contributed by atoms with Crippen molar-refractivity contribution in [1.82, 2.24) is 14.5 Å². The third-order valence-corrected chi connectivity index (χ3v) is 8.02. The van der Waals surface area contributed by atoms with E-state index < -0.39 is 6.04 Å². The summed E-state index contributed by atoms with van der Waals surface area (Å²) in [5.74, 6) is 0.0836. The van der Waals surface area contributed by atoms with E-state index in [-0.39, 0.29) is 42.6 Å². The van der Waals surface area contributed by atoms with E-state index in [0.717, 1.165) is 10.4 Å². The van der Waals surface area contributed by atoms with Gasteiger partial charge in [-0.3, -0.25) is 14.2 Å². The van der Waals surface area contributed by atoms with Crippen LogP contribution in [0.4, 0.5) is 0 Å². The predicted octanol–water partition coefficient (Wildman–Crippen LogP) is 5.88. The minimum atomic E-state index is -0.589. The molecule has 0 bridgehead atoms. The number of hydrogen-bond donors (Lipinski definition) is 1. The Hall–Kier alpha value is -3.97. The van der Waals surface area contributed by atoms with Crippen molar-refractivity contribution in [2.45, 2.75) is 33.4 Å². The van der Waals surface area contributed by atoms with Gasteiger partial charge in [-0.05, 0) is 55.3 Å². The molecule has 204 valence electrons. The van der Waals surface area contributed by atoms with Gasteiger partial charge in [0.15, 0.2) is 0 Å². The van der Waals surface area contributed by atoms with Crippen molar-refractivity contribution in [2.75, 3.05) is 13.1 Å². The molecule has 3 aromatic heterocycles. The number of aryl methyl sites for hydroxylation is 1. The predicted molar refractivity (Wildman–Crippen MR) is 158 cm³/mol. The monoisotopic (exact) mass is 573 g/mol. The second kappa shape index (κ2) is 11.3. The van der Waals surface area contributed by atoms with Gasteiger partial charge in [-0.1, -0.05) is 43.1 Å². The number of nitrogens with zero attached hydrogens (tertiary/aromatic N) is 4. The van der Waals surface area contributed by atoms with Gasteiger partial charge in [0.25, 0.3) is 11.5 Å². The molecule has 0 aliphatic heterocycles. The number of halogens is 1. The lowest BCUT2D eigenvalue weighted by atomic mass is 9.99. The van der Waals surface area contributed by atoms with Gasteiger partial charge in [-0.25, -0.2) is 4.98 Å². The highest BCUT2D eigenvalue weighted by atomic mass is 35.5. The SMILES string of the molecule is Cc1ccc(C(=O)N(CCN)C(c2nc3c(oc4ccc(Cl)cc43)c(=O)n2Cc2ccc(C#N)s2)C(C)C)cc1. The zero-order chi connectivity index (χ0) is 28.6. The molecule has 5 aromatic rings. The van der Waals surface area contributed by atoms with Crippen LogP contribution in [-0.4, -0.2) is 33.4 Å². The number of carbonyl (C=O) groups excluding carboxylic acids is 1. The van der Waals surface area contributed by atoms with Crippen molar-refractivity contribution in [1.29, 1.82) is 5.26 Å². The van der Waals surface area contributed by atoms with Crippen molar-refractivity contribution in [3.8, 4) is 6.07 Å². The van der Waals surface area contributed by atoms with Crippen molar-refractivity contribution in [2.24, 2.45) is 11.7 Å². The van der Waals surface area contributed by atoms with Crippen LogP contribution in [0.5, 0.6) is 0 Å². The topological polar surface area (TPSA) is 118 Å². The number of carbonyl (C=O) groups is 1. The zero-order valence-electron chi connectivity index (χ0n) is 22.3. The lowest BCUT2D eigenvalue weighted by Gasteiger charge is -2.35. The molecule has 0 aliphatic carbocycles. The van der Waals surface area contributed by atoms with Gasteiger partial charge in [0, 0.05) is 33.9 Å². The van der Waals surface area contributed by atoms with E-state index in [1.165, 1.54) is 11.3 Å². The third-order valence-electron chi connectivity index (χ3n) is 6.81. The molecule has 1 unspecified atom stereocenters. The fourth-order valence-corrected chi connectivity index (χ4v) is 5.90. The summed E-state index contributed by atoms with van der Waals surface area (Å²) in [6.45, 7) is 6.60. The van der Waals surface area contributed by atoms with Gasteiger partial charge in [0.1, 0.15) is 27.9 Å². The zero-order valence-corrected chi connectivity index (χ0v) is 23.9. The number of furan rings is 1. The summed E-state index contributed by atoms with van der Waals surface area (Å²) in [7, 11) is 0. The molecule has 1 atom stereocenters. The van der Waals surface area contributed by atoms with E-state index in [9.17, 15) is 14.9 Å². The van der Waals surface area contributed by atoms with Crippen molar-refractivity contribution in [3.05, 3.63) is 96.7 Å². The summed E-state index contributed by atoms with van der Waals surface area (Å²) in [5, 5.41) is 10.5. The molecule has 8 nitrogen and oxygen atoms in total. The molecule has 0 fully saturated rings. The smallest absolute Gasteiger partial charge is 0.297 e. The van der Waals surface area contributed by atoms with Crippen LogP contribution in [0.1, 0.15) is 51.4 Å². The molecule has 10 heteroatoms. The second-order valence-electron chi connectivity index (χ2n) is 10.0. The average Bonchev–Trinajstić information content (AvgIpc) is 3.54. The second-order valence-corrected chi connectivity index (χ2v) is 11.6. The summed E-state index contributed by atoms with van der Waals surface area (Å²) in [6, 6.07) is 17.6. The van der Waals surface area contributed by atoms with Gasteiger partial charge in [0.2, 0.25) is 5.58 Å². The fourth-order valence-electron chi connectivity index (χ4n) is 4.94. The lowest BCUT2D eigenvalue weighted by Crippen LogP contribution is -2.43. The Labute approximate surface area is 240 Å². The van der Waals surface area contributed by atoms with Gasteiger partial charge >= 0.3 is 0 Å². The maximum absolute atomic E-state index is 14.1. The highest BCUT2D eigenvalue weighted by molar-refractivity contribution is 7.12. The van der Waals surface area contributed by atoms with E-state index >= 15 is 0 Å². The number of hydrogen-bond acceptors (Lipinski definition) is 7. The molecule has 0 aliphatic rings. The summed E-state index contributed by atoms with van der Waals surface area (Å²) < 4.78 is 7.52. The number of benzene rings is 2. The molecule has 0 radical (unpaired) electrons. The van der Waals surface area contributed by atoms with Crippen LogP contribution in [0, 0.1) is 24.2 Å². The van der Waals surface area contributed by atoms with Crippen molar-refractivity contribution >= 4 is 50.9 Å². The number of rotatable bonds is 8. The van der Waals surface area contributed by atoms with Crippen LogP contribution in [0.2, 0.25) is 5.02 Å². The van der Waals surface area contributed by atoms with Crippen LogP contribution >= 0.6 is 22.9 Å². The summed E-state index contributed by atoms with van der Waals surface area (Å²) in [4.78, 5) is 36.1. The number of nitrogens with two attached hydrogens (primary N) is 1. The standard InChI is InChI=1S/C30H28ClN5O3S/c1-17(2)26(35(13-12-32)29(37)19-6-4-18(3)5-7-19)28-34-25-23-14-20(31)8-11-24(23)39-27(25)30(38)36(28)16-22-10-9-21(15-33)40-22/h4-11,14,17,26H,12-13,16,32H2,1-3H3. The Morgan fingerprint density at radius 3 is 2.60 bits per heavy atom. The highest BCUT2D eigenvalue weighted by Gasteiger charge is 2.33. The van der Waals surface area contributed by atoms with Crippen LogP contribution in [0.3, 0.4) is 0 Å². The molecule has 2 N–H and O–H groups in total. The van der Waals surface area contributed by atoms with Gasteiger partial charge < -0.3 is 15.1 Å². The van der Waals surface area contributed by atoms with Crippen LogP contribution in [-0.2, 0) is 6.54 Å². The molecule has 40 heavy (non-hydrogen) atoms.